The number of ether oxygens (including phenoxy) is 1. The molecule has 6 nitrogen and oxygen atoms in total. The molecule has 1 atom stereocenters. The van der Waals surface area contributed by atoms with Gasteiger partial charge < -0.3 is 10.1 Å². The number of rotatable bonds is 5. The predicted octanol–water partition coefficient (Wildman–Crippen LogP) is 1.09. The summed E-state index contributed by atoms with van der Waals surface area (Å²) in [6.45, 7) is 1.75. The predicted molar refractivity (Wildman–Crippen MR) is 69.1 cm³/mol. The minimum Gasteiger partial charge on any atom is -0.480 e. The van der Waals surface area contributed by atoms with E-state index in [9.17, 15) is 8.42 Å². The van der Waals surface area contributed by atoms with Gasteiger partial charge in [0.15, 0.2) is 0 Å². The normalized spacial score (nSPS) is 13.2. The first-order chi connectivity index (χ1) is 7.81. The minimum absolute atomic E-state index is 0.0226. The summed E-state index contributed by atoms with van der Waals surface area (Å²) in [6, 6.07) is -0.268. The second-order valence-electron chi connectivity index (χ2n) is 3.69. The van der Waals surface area contributed by atoms with Crippen LogP contribution in [0.5, 0.6) is 5.88 Å². The lowest BCUT2D eigenvalue weighted by Crippen LogP contribution is -2.26. The Kier molecular flexibility index (Phi) is 4.70. The molecule has 1 unspecified atom stereocenters. The Bertz CT molecular complexity index is 492. The molecule has 0 amide bonds. The lowest BCUT2D eigenvalue weighted by atomic mass is 10.4. The summed E-state index contributed by atoms with van der Waals surface area (Å²) in [4.78, 5) is 8.09. The highest BCUT2D eigenvalue weighted by atomic mass is 79.9. The van der Waals surface area contributed by atoms with Gasteiger partial charge >= 0.3 is 0 Å². The van der Waals surface area contributed by atoms with Gasteiger partial charge in [-0.2, -0.15) is 4.98 Å². The van der Waals surface area contributed by atoms with E-state index in [1.807, 2.05) is 0 Å². The molecule has 8 heteroatoms. The summed E-state index contributed by atoms with van der Waals surface area (Å²) in [6.07, 6.45) is 2.73. The number of methoxy groups -OCH3 is 1. The van der Waals surface area contributed by atoms with Crippen molar-refractivity contribution in [3.8, 4) is 5.88 Å². The molecule has 0 bridgehead atoms. The van der Waals surface area contributed by atoms with E-state index >= 15 is 0 Å². The van der Waals surface area contributed by atoms with Crippen LogP contribution in [-0.4, -0.2) is 43.5 Å². The van der Waals surface area contributed by atoms with Crippen LogP contribution in [0, 0.1) is 0 Å². The molecule has 96 valence electrons. The third-order valence-electron chi connectivity index (χ3n) is 1.83. The standard InChI is InChI=1S/C9H14BrN3O3S/c1-6(5-17(3,14)15)12-9-11-4-7(10)8(13-9)16-2/h4,6H,5H2,1-3H3,(H,11,12,13). The molecule has 0 spiro atoms. The largest absolute Gasteiger partial charge is 0.480 e. The molecule has 0 aliphatic heterocycles. The quantitative estimate of drug-likeness (QED) is 0.873. The van der Waals surface area contributed by atoms with Gasteiger partial charge in [-0.05, 0) is 22.9 Å². The highest BCUT2D eigenvalue weighted by Gasteiger charge is 2.12. The van der Waals surface area contributed by atoms with Gasteiger partial charge in [0.25, 0.3) is 0 Å². The van der Waals surface area contributed by atoms with E-state index in [-0.39, 0.29) is 11.8 Å². The van der Waals surface area contributed by atoms with Crippen molar-refractivity contribution in [2.24, 2.45) is 0 Å². The van der Waals surface area contributed by atoms with E-state index < -0.39 is 9.84 Å². The number of aromatic nitrogens is 2. The molecule has 0 fully saturated rings. The van der Waals surface area contributed by atoms with E-state index in [0.717, 1.165) is 0 Å². The fourth-order valence-electron chi connectivity index (χ4n) is 1.28. The molecule has 0 radical (unpaired) electrons. The smallest absolute Gasteiger partial charge is 0.232 e. The SMILES string of the molecule is COc1nc(NC(C)CS(C)(=O)=O)ncc1Br. The second kappa shape index (κ2) is 5.63. The van der Waals surface area contributed by atoms with Crippen molar-refractivity contribution in [1.82, 2.24) is 9.97 Å². The van der Waals surface area contributed by atoms with Crippen molar-refractivity contribution < 1.29 is 13.2 Å². The van der Waals surface area contributed by atoms with Crippen LogP contribution < -0.4 is 10.1 Å². The Balaban J connectivity index is 2.75. The van der Waals surface area contributed by atoms with Gasteiger partial charge in [0.2, 0.25) is 11.8 Å². The van der Waals surface area contributed by atoms with Gasteiger partial charge in [-0.15, -0.1) is 0 Å². The molecule has 0 saturated carbocycles. The number of nitrogens with one attached hydrogen (secondary N) is 1. The minimum atomic E-state index is -3.03. The summed E-state index contributed by atoms with van der Waals surface area (Å²) in [5, 5.41) is 2.90. The Morgan fingerprint density at radius 1 is 1.59 bits per heavy atom. The molecule has 1 N–H and O–H groups in total. The van der Waals surface area contributed by atoms with E-state index in [0.29, 0.717) is 16.3 Å². The Labute approximate surface area is 109 Å². The lowest BCUT2D eigenvalue weighted by Gasteiger charge is -2.13. The summed E-state index contributed by atoms with van der Waals surface area (Å²) in [5.41, 5.74) is 0. The van der Waals surface area contributed by atoms with Crippen LogP contribution in [0.2, 0.25) is 0 Å². The maximum atomic E-state index is 11.1. The van der Waals surface area contributed by atoms with Crippen LogP contribution in [0.1, 0.15) is 6.92 Å². The van der Waals surface area contributed by atoms with Gasteiger partial charge in [-0.1, -0.05) is 0 Å². The first kappa shape index (κ1) is 14.2. The zero-order chi connectivity index (χ0) is 13.1. The van der Waals surface area contributed by atoms with Gasteiger partial charge in [0.1, 0.15) is 9.84 Å². The first-order valence-corrected chi connectivity index (χ1v) is 7.68. The highest BCUT2D eigenvalue weighted by Crippen LogP contribution is 2.21. The second-order valence-corrected chi connectivity index (χ2v) is 6.73. The van der Waals surface area contributed by atoms with Gasteiger partial charge in [0.05, 0.1) is 23.5 Å². The number of hydrogen-bond donors (Lipinski definition) is 1. The molecular formula is C9H14BrN3O3S. The average Bonchev–Trinajstić information content (AvgIpc) is 2.18. The summed E-state index contributed by atoms with van der Waals surface area (Å²) < 4.78 is 27.8. The fourth-order valence-corrected chi connectivity index (χ4v) is 2.62. The zero-order valence-electron chi connectivity index (χ0n) is 9.77. The Morgan fingerprint density at radius 2 is 2.24 bits per heavy atom. The molecule has 17 heavy (non-hydrogen) atoms. The van der Waals surface area contributed by atoms with Crippen molar-refractivity contribution in [2.45, 2.75) is 13.0 Å². The molecule has 0 aliphatic rings. The van der Waals surface area contributed by atoms with E-state index in [1.54, 1.807) is 13.1 Å². The third kappa shape index (κ3) is 4.86. The molecule has 1 rings (SSSR count). The molecule has 0 aliphatic carbocycles. The van der Waals surface area contributed by atoms with Gasteiger partial charge in [-0.3, -0.25) is 0 Å². The monoisotopic (exact) mass is 323 g/mol. The Hall–Kier alpha value is -0.890. The Morgan fingerprint density at radius 3 is 2.76 bits per heavy atom. The first-order valence-electron chi connectivity index (χ1n) is 4.82. The molecule has 0 aromatic carbocycles. The summed E-state index contributed by atoms with van der Waals surface area (Å²) >= 11 is 3.23. The number of sulfone groups is 1. The van der Waals surface area contributed by atoms with Crippen LogP contribution >= 0.6 is 15.9 Å². The number of anilines is 1. The molecule has 1 aromatic rings. The molecule has 0 saturated heterocycles. The number of nitrogens with zero attached hydrogens (tertiary/aromatic N) is 2. The van der Waals surface area contributed by atoms with Crippen molar-refractivity contribution in [1.29, 1.82) is 0 Å². The molecule has 1 aromatic heterocycles. The third-order valence-corrected chi connectivity index (χ3v) is 3.48. The van der Waals surface area contributed by atoms with Crippen molar-refractivity contribution in [3.05, 3.63) is 10.7 Å². The van der Waals surface area contributed by atoms with Gasteiger partial charge in [-0.25, -0.2) is 13.4 Å². The topological polar surface area (TPSA) is 81.2 Å². The number of hydrogen-bond acceptors (Lipinski definition) is 6. The van der Waals surface area contributed by atoms with Gasteiger partial charge in [0, 0.05) is 12.3 Å². The van der Waals surface area contributed by atoms with Crippen LogP contribution in [0.15, 0.2) is 10.7 Å². The summed E-state index contributed by atoms with van der Waals surface area (Å²) in [5.74, 6) is 0.754. The number of halogens is 1. The molecular weight excluding hydrogens is 310 g/mol. The van der Waals surface area contributed by atoms with E-state index in [2.05, 4.69) is 31.2 Å². The van der Waals surface area contributed by atoms with Crippen molar-refractivity contribution in [2.75, 3.05) is 24.4 Å². The maximum absolute atomic E-state index is 11.1. The maximum Gasteiger partial charge on any atom is 0.232 e. The molecule has 1 heterocycles. The van der Waals surface area contributed by atoms with Crippen LogP contribution in [0.4, 0.5) is 5.95 Å². The zero-order valence-corrected chi connectivity index (χ0v) is 12.2. The lowest BCUT2D eigenvalue weighted by molar-refractivity contribution is 0.394. The van der Waals surface area contributed by atoms with Crippen molar-refractivity contribution >= 4 is 31.7 Å². The van der Waals surface area contributed by atoms with E-state index in [1.165, 1.54) is 13.4 Å². The summed E-state index contributed by atoms with van der Waals surface area (Å²) in [7, 11) is -1.53. The van der Waals surface area contributed by atoms with Crippen LogP contribution in [0.3, 0.4) is 0 Å². The highest BCUT2D eigenvalue weighted by molar-refractivity contribution is 9.10. The van der Waals surface area contributed by atoms with Crippen molar-refractivity contribution in [3.63, 3.8) is 0 Å². The fraction of sp³-hybridized carbons (Fsp3) is 0.556. The average molecular weight is 324 g/mol. The van der Waals surface area contributed by atoms with Crippen LogP contribution in [0.25, 0.3) is 0 Å². The van der Waals surface area contributed by atoms with Crippen LogP contribution in [-0.2, 0) is 9.84 Å². The van der Waals surface area contributed by atoms with E-state index in [4.69, 9.17) is 4.74 Å².